The summed E-state index contributed by atoms with van der Waals surface area (Å²) in [4.78, 5) is 23.6. The first kappa shape index (κ1) is 23.3. The quantitative estimate of drug-likeness (QED) is 0.439. The van der Waals surface area contributed by atoms with Crippen LogP contribution in [0.1, 0.15) is 18.4 Å². The summed E-state index contributed by atoms with van der Waals surface area (Å²) in [5.41, 5.74) is 8.41. The number of nitrogens with one attached hydrogen (secondary N) is 1. The van der Waals surface area contributed by atoms with Crippen LogP contribution in [0.25, 0.3) is 11.4 Å². The summed E-state index contributed by atoms with van der Waals surface area (Å²) in [5.74, 6) is 0.852. The first-order valence-corrected chi connectivity index (χ1v) is 12.9. The molecule has 0 unspecified atom stereocenters. The highest BCUT2D eigenvalue weighted by atomic mass is 35.5. The molecule has 1 fully saturated rings. The smallest absolute Gasteiger partial charge is 0.230 e. The van der Waals surface area contributed by atoms with Crippen molar-refractivity contribution in [2.75, 3.05) is 24.6 Å². The number of nitrogen functional groups attached to an aromatic ring is 1. The van der Waals surface area contributed by atoms with Gasteiger partial charge in [0.1, 0.15) is 11.5 Å². The van der Waals surface area contributed by atoms with Crippen molar-refractivity contribution < 1.29 is 4.79 Å². The zero-order valence-electron chi connectivity index (χ0n) is 17.3. The number of thioether (sulfide) groups is 1. The summed E-state index contributed by atoms with van der Waals surface area (Å²) in [7, 11) is 0. The molecule has 0 aliphatic carbocycles. The standard InChI is InChI=1S/C22H23Cl2N5OS2/c23-16-5-4-14(10-17(16)24)11-29-8-6-15(7-9-29)26-21(30)13-32-22-28-19(12-31-22)18-2-1-3-20(25)27-18/h1-5,10,12,15H,6-9,11,13H2,(H2,25,27)(H,26,30). The molecule has 1 aliphatic rings. The Morgan fingerprint density at radius 2 is 1.97 bits per heavy atom. The zero-order chi connectivity index (χ0) is 22.5. The Morgan fingerprint density at radius 3 is 2.72 bits per heavy atom. The largest absolute Gasteiger partial charge is 0.384 e. The van der Waals surface area contributed by atoms with Gasteiger partial charge in [0.2, 0.25) is 5.91 Å². The molecule has 0 saturated carbocycles. The minimum absolute atomic E-state index is 0.0387. The van der Waals surface area contributed by atoms with Crippen molar-refractivity contribution in [3.05, 3.63) is 57.4 Å². The Hall–Kier alpha value is -1.84. The predicted molar refractivity (Wildman–Crippen MR) is 133 cm³/mol. The number of benzene rings is 1. The third-order valence-corrected chi connectivity index (χ3v) is 7.95. The zero-order valence-corrected chi connectivity index (χ0v) is 20.4. The van der Waals surface area contributed by atoms with E-state index in [1.807, 2.05) is 35.7 Å². The minimum atomic E-state index is 0.0387. The van der Waals surface area contributed by atoms with Gasteiger partial charge in [-0.15, -0.1) is 11.3 Å². The van der Waals surface area contributed by atoms with Gasteiger partial charge in [-0.05, 0) is 42.7 Å². The normalized spacial score (nSPS) is 15.1. The van der Waals surface area contributed by atoms with Crippen LogP contribution in [0.3, 0.4) is 0 Å². The molecule has 3 N–H and O–H groups in total. The Morgan fingerprint density at radius 1 is 1.16 bits per heavy atom. The number of carbonyl (C=O) groups is 1. The molecule has 32 heavy (non-hydrogen) atoms. The van der Waals surface area contributed by atoms with Gasteiger partial charge in [-0.1, -0.05) is 47.1 Å². The van der Waals surface area contributed by atoms with Crippen LogP contribution in [0.15, 0.2) is 46.1 Å². The van der Waals surface area contributed by atoms with Gasteiger partial charge in [0.25, 0.3) is 0 Å². The SMILES string of the molecule is Nc1cccc(-c2csc(SCC(=O)NC3CCN(Cc4ccc(Cl)c(Cl)c4)CC3)n2)n1. The van der Waals surface area contributed by atoms with Crippen LogP contribution in [-0.4, -0.2) is 45.7 Å². The highest BCUT2D eigenvalue weighted by Gasteiger charge is 2.21. The molecule has 3 heterocycles. The first-order chi connectivity index (χ1) is 15.5. The van der Waals surface area contributed by atoms with Crippen molar-refractivity contribution in [2.45, 2.75) is 29.8 Å². The summed E-state index contributed by atoms with van der Waals surface area (Å²) in [6, 6.07) is 11.4. The third kappa shape index (κ3) is 6.36. The van der Waals surface area contributed by atoms with E-state index < -0.39 is 0 Å². The maximum atomic E-state index is 12.4. The second-order valence-electron chi connectivity index (χ2n) is 7.60. The van der Waals surface area contributed by atoms with Crippen molar-refractivity contribution in [3.8, 4) is 11.4 Å². The van der Waals surface area contributed by atoms with Crippen molar-refractivity contribution in [2.24, 2.45) is 0 Å². The van der Waals surface area contributed by atoms with Crippen LogP contribution in [0.5, 0.6) is 0 Å². The lowest BCUT2D eigenvalue weighted by molar-refractivity contribution is -0.119. The van der Waals surface area contributed by atoms with E-state index in [2.05, 4.69) is 20.2 Å². The number of amides is 1. The maximum Gasteiger partial charge on any atom is 0.230 e. The molecule has 1 saturated heterocycles. The van der Waals surface area contributed by atoms with Crippen LogP contribution in [0.2, 0.25) is 10.0 Å². The number of carbonyl (C=O) groups excluding carboxylic acids is 1. The van der Waals surface area contributed by atoms with Crippen LogP contribution < -0.4 is 11.1 Å². The molecule has 0 atom stereocenters. The fraction of sp³-hybridized carbons (Fsp3) is 0.318. The number of nitrogens with zero attached hydrogens (tertiary/aromatic N) is 3. The van der Waals surface area contributed by atoms with Gasteiger partial charge >= 0.3 is 0 Å². The van der Waals surface area contributed by atoms with E-state index in [4.69, 9.17) is 28.9 Å². The third-order valence-electron chi connectivity index (χ3n) is 5.19. The summed E-state index contributed by atoms with van der Waals surface area (Å²) in [5, 5.41) is 6.25. The molecule has 168 valence electrons. The van der Waals surface area contributed by atoms with Crippen molar-refractivity contribution in [1.29, 1.82) is 0 Å². The molecular weight excluding hydrogens is 485 g/mol. The second kappa shape index (κ2) is 10.9. The number of thiazole rings is 1. The molecule has 6 nitrogen and oxygen atoms in total. The van der Waals surface area contributed by atoms with Gasteiger partial charge in [0, 0.05) is 31.1 Å². The van der Waals surface area contributed by atoms with Gasteiger partial charge in [-0.2, -0.15) is 0 Å². The Labute approximate surface area is 205 Å². The number of hydrogen-bond acceptors (Lipinski definition) is 7. The van der Waals surface area contributed by atoms with Crippen LogP contribution in [0, 0.1) is 0 Å². The fourth-order valence-corrected chi connectivity index (χ4v) is 5.52. The summed E-state index contributed by atoms with van der Waals surface area (Å²) in [6.07, 6.45) is 1.86. The minimum Gasteiger partial charge on any atom is -0.384 e. The fourth-order valence-electron chi connectivity index (χ4n) is 3.56. The van der Waals surface area contributed by atoms with Crippen molar-refractivity contribution >= 4 is 58.0 Å². The van der Waals surface area contributed by atoms with E-state index in [9.17, 15) is 4.79 Å². The van der Waals surface area contributed by atoms with E-state index in [0.717, 1.165) is 53.8 Å². The number of hydrogen-bond donors (Lipinski definition) is 2. The van der Waals surface area contributed by atoms with Gasteiger partial charge in [-0.25, -0.2) is 9.97 Å². The Bertz CT molecular complexity index is 1090. The van der Waals surface area contributed by atoms with E-state index in [1.54, 1.807) is 6.07 Å². The molecule has 3 aromatic rings. The van der Waals surface area contributed by atoms with Crippen LogP contribution in [-0.2, 0) is 11.3 Å². The number of pyridine rings is 1. The Kier molecular flexibility index (Phi) is 7.91. The van der Waals surface area contributed by atoms with Crippen LogP contribution in [0.4, 0.5) is 5.82 Å². The molecule has 0 bridgehead atoms. The number of anilines is 1. The van der Waals surface area contributed by atoms with Gasteiger partial charge in [0.15, 0.2) is 4.34 Å². The average molecular weight is 509 g/mol. The lowest BCUT2D eigenvalue weighted by atomic mass is 10.0. The number of rotatable bonds is 7. The molecule has 4 rings (SSSR count). The lowest BCUT2D eigenvalue weighted by Crippen LogP contribution is -2.44. The molecule has 0 radical (unpaired) electrons. The van der Waals surface area contributed by atoms with E-state index in [0.29, 0.717) is 21.6 Å². The first-order valence-electron chi connectivity index (χ1n) is 10.2. The average Bonchev–Trinajstić information content (AvgIpc) is 3.26. The highest BCUT2D eigenvalue weighted by Crippen LogP contribution is 2.28. The number of likely N-dealkylation sites (tertiary alicyclic amines) is 1. The van der Waals surface area contributed by atoms with E-state index in [-0.39, 0.29) is 11.9 Å². The number of halogens is 2. The van der Waals surface area contributed by atoms with Crippen molar-refractivity contribution in [3.63, 3.8) is 0 Å². The molecular formula is C22H23Cl2N5OS2. The highest BCUT2D eigenvalue weighted by molar-refractivity contribution is 8.01. The molecule has 10 heteroatoms. The van der Waals surface area contributed by atoms with Crippen molar-refractivity contribution in [1.82, 2.24) is 20.2 Å². The monoisotopic (exact) mass is 507 g/mol. The van der Waals surface area contributed by atoms with Gasteiger partial charge in [-0.3, -0.25) is 9.69 Å². The summed E-state index contributed by atoms with van der Waals surface area (Å²) in [6.45, 7) is 2.70. The number of aromatic nitrogens is 2. The van der Waals surface area contributed by atoms with Crippen LogP contribution >= 0.6 is 46.3 Å². The molecule has 0 spiro atoms. The molecule has 1 amide bonds. The van der Waals surface area contributed by atoms with Gasteiger partial charge < -0.3 is 11.1 Å². The van der Waals surface area contributed by atoms with E-state index in [1.165, 1.54) is 23.1 Å². The Balaban J connectivity index is 1.20. The van der Waals surface area contributed by atoms with Gasteiger partial charge in [0.05, 0.1) is 21.5 Å². The molecule has 1 aliphatic heterocycles. The molecule has 2 aromatic heterocycles. The topological polar surface area (TPSA) is 84.1 Å². The second-order valence-corrected chi connectivity index (χ2v) is 10.5. The number of nitrogens with two attached hydrogens (primary N) is 1. The lowest BCUT2D eigenvalue weighted by Gasteiger charge is -2.32. The predicted octanol–water partition coefficient (Wildman–Crippen LogP) is 4.97. The van der Waals surface area contributed by atoms with E-state index >= 15 is 0 Å². The molecule has 1 aromatic carbocycles. The number of piperidine rings is 1. The summed E-state index contributed by atoms with van der Waals surface area (Å²) < 4.78 is 0.843. The maximum absolute atomic E-state index is 12.4. The summed E-state index contributed by atoms with van der Waals surface area (Å²) >= 11 is 15.1.